The molecule has 2 unspecified atom stereocenters. The van der Waals surface area contributed by atoms with E-state index < -0.39 is 32.1 Å². The van der Waals surface area contributed by atoms with E-state index in [9.17, 15) is 14.3 Å². The van der Waals surface area contributed by atoms with Crippen LogP contribution in [0.5, 0.6) is 0 Å². The molecule has 0 radical (unpaired) electrons. The summed E-state index contributed by atoms with van der Waals surface area (Å²) in [7, 11) is -1.75. The first-order valence-corrected chi connectivity index (χ1v) is 10.9. The third-order valence-corrected chi connectivity index (χ3v) is 5.59. The van der Waals surface area contributed by atoms with Crippen molar-refractivity contribution in [2.45, 2.75) is 38.2 Å². The van der Waals surface area contributed by atoms with Crippen LogP contribution in [-0.2, 0) is 34.4 Å². The molecule has 1 fully saturated rings. The molecule has 0 spiro atoms. The maximum atomic E-state index is 11.9. The number of ether oxygens (including phenoxy) is 3. The van der Waals surface area contributed by atoms with Crippen molar-refractivity contribution in [3.63, 3.8) is 0 Å². The minimum Gasteiger partial charge on any atom is -0.434 e. The van der Waals surface area contributed by atoms with Crippen molar-refractivity contribution in [3.05, 3.63) is 35.9 Å². The quantitative estimate of drug-likeness (QED) is 0.333. The topological polar surface area (TPSA) is 113 Å². The van der Waals surface area contributed by atoms with Gasteiger partial charge in [-0.15, -0.1) is 0 Å². The molecule has 1 aromatic rings. The van der Waals surface area contributed by atoms with E-state index >= 15 is 0 Å². The van der Waals surface area contributed by atoms with E-state index in [0.29, 0.717) is 11.4 Å². The second-order valence-corrected chi connectivity index (χ2v) is 8.69. The average molecular weight is 447 g/mol. The Morgan fingerprint density at radius 3 is 2.52 bits per heavy atom. The van der Waals surface area contributed by atoms with Crippen molar-refractivity contribution >= 4 is 31.2 Å². The van der Waals surface area contributed by atoms with Crippen molar-refractivity contribution in [1.82, 2.24) is 5.32 Å². The van der Waals surface area contributed by atoms with Crippen LogP contribution in [0.15, 0.2) is 30.3 Å². The van der Waals surface area contributed by atoms with Gasteiger partial charge < -0.3 is 24.4 Å². The molecule has 2 N–H and O–H groups in total. The van der Waals surface area contributed by atoms with Crippen LogP contribution >= 0.6 is 20.0 Å². The van der Waals surface area contributed by atoms with Gasteiger partial charge in [-0.2, -0.15) is 0 Å². The normalized spacial score (nSPS) is 25.8. The lowest BCUT2D eigenvalue weighted by molar-refractivity contribution is -0.0317. The fourth-order valence-electron chi connectivity index (χ4n) is 3.23. The molecule has 0 heterocycles. The number of nitrogens with one attached hydrogen (secondary N) is 1. The summed E-state index contributed by atoms with van der Waals surface area (Å²) in [5, 5.41) is 3.08. The van der Waals surface area contributed by atoms with Crippen LogP contribution in [0.2, 0.25) is 0 Å². The van der Waals surface area contributed by atoms with Gasteiger partial charge in [0.05, 0.1) is 11.0 Å². The molecule has 1 saturated carbocycles. The monoisotopic (exact) mass is 447 g/mol. The second-order valence-electron chi connectivity index (χ2n) is 6.56. The summed E-state index contributed by atoms with van der Waals surface area (Å²) >= 11 is 5.09. The average Bonchev–Trinajstić information content (AvgIpc) is 3.00. The van der Waals surface area contributed by atoms with Gasteiger partial charge in [-0.3, -0.25) is 9.05 Å². The number of hydrogen-bond donors (Lipinski definition) is 2. The summed E-state index contributed by atoms with van der Waals surface area (Å²) in [5.74, 6) is -0.438. The fraction of sp³-hybridized carbons (Fsp3) is 0.556. The minimum atomic E-state index is -4.28. The highest BCUT2D eigenvalue weighted by Crippen LogP contribution is 2.48. The summed E-state index contributed by atoms with van der Waals surface area (Å²) in [6, 6.07) is 8.90. The number of phosphoric acid groups is 1. The van der Waals surface area contributed by atoms with Gasteiger partial charge in [-0.05, 0) is 18.9 Å². The van der Waals surface area contributed by atoms with Gasteiger partial charge in [0.1, 0.15) is 25.4 Å². The Hall–Kier alpha value is -1.55. The molecule has 11 heteroatoms. The molecule has 9 nitrogen and oxygen atoms in total. The second kappa shape index (κ2) is 11.0. The van der Waals surface area contributed by atoms with E-state index in [1.165, 1.54) is 7.11 Å². The third kappa shape index (κ3) is 7.33. The standard InChI is InChI=1S/C18H26NO8PS/c1-12(29)19-15-9-14(16(17(15)23-2)27-28(21,22)24-3)11-26-18(20)25-10-13-7-5-4-6-8-13/h4-8,14-17H,9-11H2,1-3H3,(H,19,29)(H,21,22)/t14-,15+,16+,17?/m1/s1. The molecule has 0 amide bonds. The maximum absolute atomic E-state index is 11.9. The molecular weight excluding hydrogens is 421 g/mol. The molecular formula is C18H26NO8PS. The van der Waals surface area contributed by atoms with Crippen molar-refractivity contribution in [2.75, 3.05) is 20.8 Å². The molecule has 1 aliphatic rings. The summed E-state index contributed by atoms with van der Waals surface area (Å²) in [6.07, 6.45) is -1.86. The highest BCUT2D eigenvalue weighted by molar-refractivity contribution is 7.80. The lowest BCUT2D eigenvalue weighted by atomic mass is 10.1. The van der Waals surface area contributed by atoms with Crippen LogP contribution in [0, 0.1) is 5.92 Å². The Morgan fingerprint density at radius 1 is 1.24 bits per heavy atom. The lowest BCUT2D eigenvalue weighted by Crippen LogP contribution is -2.43. The summed E-state index contributed by atoms with van der Waals surface area (Å²) in [6.45, 7) is 1.71. The molecule has 0 aromatic heterocycles. The highest BCUT2D eigenvalue weighted by atomic mass is 32.1. The smallest absolute Gasteiger partial charge is 0.434 e. The predicted molar refractivity (Wildman–Crippen MR) is 108 cm³/mol. The number of carbonyl (C=O) groups excluding carboxylic acids is 1. The third-order valence-electron chi connectivity index (χ3n) is 4.50. The van der Waals surface area contributed by atoms with Gasteiger partial charge in [-0.1, -0.05) is 42.5 Å². The van der Waals surface area contributed by atoms with Crippen LogP contribution in [0.25, 0.3) is 0 Å². The number of methoxy groups -OCH3 is 1. The summed E-state index contributed by atoms with van der Waals surface area (Å²) < 4.78 is 37.5. The first-order chi connectivity index (χ1) is 13.8. The van der Waals surface area contributed by atoms with Crippen LogP contribution in [0.3, 0.4) is 0 Å². The molecule has 29 heavy (non-hydrogen) atoms. The van der Waals surface area contributed by atoms with Crippen molar-refractivity contribution in [3.8, 4) is 0 Å². The molecule has 1 aromatic carbocycles. The Balaban J connectivity index is 1.99. The first-order valence-electron chi connectivity index (χ1n) is 8.96. The van der Waals surface area contributed by atoms with Gasteiger partial charge in [0.2, 0.25) is 0 Å². The number of phosphoric ester groups is 1. The maximum Gasteiger partial charge on any atom is 0.508 e. The number of carbonyl (C=O) groups is 1. The zero-order valence-electron chi connectivity index (χ0n) is 16.5. The van der Waals surface area contributed by atoms with Gasteiger partial charge in [0, 0.05) is 20.1 Å². The van der Waals surface area contributed by atoms with E-state index in [-0.39, 0.29) is 19.3 Å². The number of rotatable bonds is 9. The van der Waals surface area contributed by atoms with Gasteiger partial charge >= 0.3 is 14.0 Å². The van der Waals surface area contributed by atoms with Crippen LogP contribution < -0.4 is 5.32 Å². The zero-order valence-corrected chi connectivity index (χ0v) is 18.2. The molecule has 162 valence electrons. The van der Waals surface area contributed by atoms with E-state index in [0.717, 1.165) is 12.7 Å². The summed E-state index contributed by atoms with van der Waals surface area (Å²) in [4.78, 5) is 22.2. The van der Waals surface area contributed by atoms with Crippen LogP contribution in [0.1, 0.15) is 18.9 Å². The highest BCUT2D eigenvalue weighted by Gasteiger charge is 2.48. The van der Waals surface area contributed by atoms with Crippen molar-refractivity contribution in [1.29, 1.82) is 0 Å². The molecule has 0 saturated heterocycles. The Labute approximate surface area is 175 Å². The lowest BCUT2D eigenvalue weighted by Gasteiger charge is -2.27. The molecule has 0 bridgehead atoms. The largest absolute Gasteiger partial charge is 0.508 e. The van der Waals surface area contributed by atoms with Gasteiger partial charge in [0.15, 0.2) is 0 Å². The zero-order chi connectivity index (χ0) is 21.4. The Kier molecular flexibility index (Phi) is 9.01. The summed E-state index contributed by atoms with van der Waals surface area (Å²) in [5.41, 5.74) is 0.827. The molecule has 2 rings (SSSR count). The predicted octanol–water partition coefficient (Wildman–Crippen LogP) is 2.81. The SMILES string of the molecule is COC1[C@@H](NC(C)=S)C[C@H](COC(=O)OCc2ccccc2)[C@@H]1OP(=O)(O)OC. The van der Waals surface area contributed by atoms with Gasteiger partial charge in [-0.25, -0.2) is 9.36 Å². The van der Waals surface area contributed by atoms with Crippen molar-refractivity contribution < 1.29 is 37.5 Å². The molecule has 5 atom stereocenters. The first kappa shape index (κ1) is 23.7. The number of benzene rings is 1. The van der Waals surface area contributed by atoms with Gasteiger partial charge in [0.25, 0.3) is 0 Å². The van der Waals surface area contributed by atoms with E-state index in [1.54, 1.807) is 6.92 Å². The Bertz CT molecular complexity index is 734. The number of thiocarbonyl (C=S) groups is 1. The van der Waals surface area contributed by atoms with Crippen LogP contribution in [-0.4, -0.2) is 55.1 Å². The van der Waals surface area contributed by atoms with E-state index in [4.69, 9.17) is 31.0 Å². The minimum absolute atomic E-state index is 0.0781. The number of hydrogen-bond acceptors (Lipinski definition) is 8. The fourth-order valence-corrected chi connectivity index (χ4v) is 4.07. The van der Waals surface area contributed by atoms with E-state index in [2.05, 4.69) is 9.84 Å². The van der Waals surface area contributed by atoms with E-state index in [1.807, 2.05) is 30.3 Å². The molecule has 0 aliphatic heterocycles. The van der Waals surface area contributed by atoms with Crippen LogP contribution in [0.4, 0.5) is 4.79 Å². The van der Waals surface area contributed by atoms with Crippen molar-refractivity contribution in [2.24, 2.45) is 5.92 Å². The molecule has 1 aliphatic carbocycles. The Morgan fingerprint density at radius 2 is 1.93 bits per heavy atom.